The van der Waals surface area contributed by atoms with Crippen LogP contribution in [-0.4, -0.2) is 6.54 Å². The van der Waals surface area contributed by atoms with Crippen LogP contribution in [0.2, 0.25) is 0 Å². The molecular formula is C15H23N. The molecule has 0 aromatic heterocycles. The van der Waals surface area contributed by atoms with E-state index in [1.165, 1.54) is 29.5 Å². The minimum atomic E-state index is 0.250. The zero-order chi connectivity index (χ0) is 12.0. The first kappa shape index (κ1) is 11.7. The summed E-state index contributed by atoms with van der Waals surface area (Å²) in [4.78, 5) is 0. The van der Waals surface area contributed by atoms with Crippen LogP contribution in [0.5, 0.6) is 0 Å². The van der Waals surface area contributed by atoms with E-state index in [2.05, 4.69) is 45.9 Å². The number of aryl methyl sites for hydroxylation is 2. The molecule has 1 aromatic carbocycles. The molecule has 1 aliphatic carbocycles. The summed E-state index contributed by atoms with van der Waals surface area (Å²) < 4.78 is 0. The molecule has 88 valence electrons. The highest BCUT2D eigenvalue weighted by Crippen LogP contribution is 2.54. The average Bonchev–Trinajstić information content (AvgIpc) is 2.11. The van der Waals surface area contributed by atoms with E-state index in [0.29, 0.717) is 5.41 Å². The number of nitrogens with two attached hydrogens (primary N) is 1. The molecule has 0 aliphatic heterocycles. The van der Waals surface area contributed by atoms with Gasteiger partial charge in [-0.15, -0.1) is 0 Å². The van der Waals surface area contributed by atoms with Crippen LogP contribution in [0.3, 0.4) is 0 Å². The summed E-state index contributed by atoms with van der Waals surface area (Å²) in [6.45, 7) is 9.79. The number of hydrogen-bond acceptors (Lipinski definition) is 1. The van der Waals surface area contributed by atoms with Gasteiger partial charge in [0, 0.05) is 12.0 Å². The minimum absolute atomic E-state index is 0.250. The summed E-state index contributed by atoms with van der Waals surface area (Å²) in [5.74, 6) is 0. The molecule has 0 heterocycles. The fourth-order valence-electron chi connectivity index (χ4n) is 3.53. The summed E-state index contributed by atoms with van der Waals surface area (Å²) in [7, 11) is 0. The average molecular weight is 217 g/mol. The van der Waals surface area contributed by atoms with Gasteiger partial charge in [-0.05, 0) is 37.7 Å². The molecule has 0 unspecified atom stereocenters. The van der Waals surface area contributed by atoms with Gasteiger partial charge in [-0.1, -0.05) is 43.2 Å². The molecule has 0 atom stereocenters. The van der Waals surface area contributed by atoms with E-state index in [0.717, 1.165) is 6.54 Å². The lowest BCUT2D eigenvalue weighted by atomic mass is 9.52. The van der Waals surface area contributed by atoms with E-state index in [4.69, 9.17) is 5.73 Å². The monoisotopic (exact) mass is 217 g/mol. The number of benzene rings is 1. The van der Waals surface area contributed by atoms with Gasteiger partial charge in [0.05, 0.1) is 0 Å². The molecular weight excluding hydrogens is 194 g/mol. The molecule has 1 aromatic rings. The Bertz CT molecular complexity index is 376. The second kappa shape index (κ2) is 3.59. The van der Waals surface area contributed by atoms with Crippen molar-refractivity contribution in [1.29, 1.82) is 0 Å². The second-order valence-electron chi connectivity index (χ2n) is 6.38. The Balaban J connectivity index is 2.35. The van der Waals surface area contributed by atoms with Crippen molar-refractivity contribution in [2.75, 3.05) is 6.54 Å². The topological polar surface area (TPSA) is 26.0 Å². The first-order chi connectivity index (χ1) is 7.37. The Hall–Kier alpha value is -0.820. The molecule has 16 heavy (non-hydrogen) atoms. The summed E-state index contributed by atoms with van der Waals surface area (Å²) in [5.41, 5.74) is 10.9. The SMILES string of the molecule is Cc1cc(C)cc(C2(CN)CC(C)(C)C2)c1. The Morgan fingerprint density at radius 1 is 1.06 bits per heavy atom. The molecule has 2 rings (SSSR count). The van der Waals surface area contributed by atoms with Gasteiger partial charge in [0.25, 0.3) is 0 Å². The molecule has 1 aliphatic rings. The predicted octanol–water partition coefficient (Wildman–Crippen LogP) is 3.32. The Kier molecular flexibility index (Phi) is 2.62. The van der Waals surface area contributed by atoms with E-state index >= 15 is 0 Å². The fourth-order valence-corrected chi connectivity index (χ4v) is 3.53. The van der Waals surface area contributed by atoms with Crippen molar-refractivity contribution in [2.24, 2.45) is 11.1 Å². The quantitative estimate of drug-likeness (QED) is 0.808. The van der Waals surface area contributed by atoms with Gasteiger partial charge in [-0.3, -0.25) is 0 Å². The lowest BCUT2D eigenvalue weighted by Gasteiger charge is -2.53. The largest absolute Gasteiger partial charge is 0.330 e. The summed E-state index contributed by atoms with van der Waals surface area (Å²) in [6, 6.07) is 6.86. The van der Waals surface area contributed by atoms with Crippen LogP contribution >= 0.6 is 0 Å². The van der Waals surface area contributed by atoms with Gasteiger partial charge in [0.15, 0.2) is 0 Å². The molecule has 1 saturated carbocycles. The molecule has 0 amide bonds. The van der Waals surface area contributed by atoms with Gasteiger partial charge in [-0.25, -0.2) is 0 Å². The van der Waals surface area contributed by atoms with Gasteiger partial charge in [0.2, 0.25) is 0 Å². The maximum atomic E-state index is 6.02. The van der Waals surface area contributed by atoms with Crippen molar-refractivity contribution in [1.82, 2.24) is 0 Å². The van der Waals surface area contributed by atoms with Crippen LogP contribution in [0.15, 0.2) is 18.2 Å². The molecule has 0 saturated heterocycles. The predicted molar refractivity (Wildman–Crippen MR) is 69.7 cm³/mol. The highest BCUT2D eigenvalue weighted by atomic mass is 14.7. The maximum Gasteiger partial charge on any atom is 0.00859 e. The van der Waals surface area contributed by atoms with Crippen LogP contribution in [-0.2, 0) is 5.41 Å². The second-order valence-corrected chi connectivity index (χ2v) is 6.38. The van der Waals surface area contributed by atoms with Crippen molar-refractivity contribution in [3.63, 3.8) is 0 Å². The van der Waals surface area contributed by atoms with Gasteiger partial charge in [-0.2, -0.15) is 0 Å². The van der Waals surface area contributed by atoms with Crippen molar-refractivity contribution in [2.45, 2.75) is 46.0 Å². The van der Waals surface area contributed by atoms with E-state index in [1.807, 2.05) is 0 Å². The van der Waals surface area contributed by atoms with E-state index in [1.54, 1.807) is 0 Å². The third kappa shape index (κ3) is 1.89. The van der Waals surface area contributed by atoms with Crippen molar-refractivity contribution in [3.05, 3.63) is 34.9 Å². The number of rotatable bonds is 2. The fraction of sp³-hybridized carbons (Fsp3) is 0.600. The van der Waals surface area contributed by atoms with Crippen molar-refractivity contribution >= 4 is 0 Å². The van der Waals surface area contributed by atoms with E-state index in [9.17, 15) is 0 Å². The van der Waals surface area contributed by atoms with Crippen LogP contribution < -0.4 is 5.73 Å². The highest BCUT2D eigenvalue weighted by molar-refractivity contribution is 5.37. The first-order valence-corrected chi connectivity index (χ1v) is 6.16. The minimum Gasteiger partial charge on any atom is -0.330 e. The van der Waals surface area contributed by atoms with Crippen LogP contribution in [0.4, 0.5) is 0 Å². The summed E-state index contributed by atoms with van der Waals surface area (Å²) >= 11 is 0. The van der Waals surface area contributed by atoms with E-state index < -0.39 is 0 Å². The third-order valence-corrected chi connectivity index (χ3v) is 3.86. The Labute approximate surface area is 99.0 Å². The molecule has 1 heteroatoms. The zero-order valence-corrected chi connectivity index (χ0v) is 10.9. The number of hydrogen-bond donors (Lipinski definition) is 1. The third-order valence-electron chi connectivity index (χ3n) is 3.86. The van der Waals surface area contributed by atoms with Crippen molar-refractivity contribution in [3.8, 4) is 0 Å². The lowest BCUT2D eigenvalue weighted by Crippen LogP contribution is -2.51. The molecule has 0 radical (unpaired) electrons. The summed E-state index contributed by atoms with van der Waals surface area (Å²) in [5, 5.41) is 0. The molecule has 0 spiro atoms. The van der Waals surface area contributed by atoms with E-state index in [-0.39, 0.29) is 5.41 Å². The lowest BCUT2D eigenvalue weighted by molar-refractivity contribution is 0.0633. The first-order valence-electron chi connectivity index (χ1n) is 6.16. The standard InChI is InChI=1S/C15H23N/c1-11-5-12(2)7-13(6-11)15(10-16)8-14(3,4)9-15/h5-7H,8-10,16H2,1-4H3. The summed E-state index contributed by atoms with van der Waals surface area (Å²) in [6.07, 6.45) is 2.44. The Morgan fingerprint density at radius 3 is 1.94 bits per heavy atom. The normalized spacial score (nSPS) is 21.6. The zero-order valence-electron chi connectivity index (χ0n) is 10.9. The molecule has 2 N–H and O–H groups in total. The van der Waals surface area contributed by atoms with Gasteiger partial charge < -0.3 is 5.73 Å². The smallest absolute Gasteiger partial charge is 0.00859 e. The highest BCUT2D eigenvalue weighted by Gasteiger charge is 2.49. The van der Waals surface area contributed by atoms with Crippen molar-refractivity contribution < 1.29 is 0 Å². The molecule has 1 fully saturated rings. The molecule has 1 nitrogen and oxygen atoms in total. The Morgan fingerprint density at radius 2 is 1.56 bits per heavy atom. The maximum absolute atomic E-state index is 6.02. The van der Waals surface area contributed by atoms with Crippen LogP contribution in [0.1, 0.15) is 43.4 Å². The van der Waals surface area contributed by atoms with Crippen LogP contribution in [0.25, 0.3) is 0 Å². The van der Waals surface area contributed by atoms with Gasteiger partial charge >= 0.3 is 0 Å². The van der Waals surface area contributed by atoms with Crippen LogP contribution in [0, 0.1) is 19.3 Å². The van der Waals surface area contributed by atoms with Gasteiger partial charge in [0.1, 0.15) is 0 Å². The molecule has 0 bridgehead atoms.